The van der Waals surface area contributed by atoms with Crippen molar-refractivity contribution in [3.05, 3.63) is 48.0 Å². The number of aryl methyl sites for hydroxylation is 1. The molecule has 0 bridgehead atoms. The van der Waals surface area contributed by atoms with Gasteiger partial charge in [-0.15, -0.1) is 0 Å². The van der Waals surface area contributed by atoms with Crippen molar-refractivity contribution in [3.8, 4) is 5.75 Å². The second-order valence-corrected chi connectivity index (χ2v) is 6.81. The highest BCUT2D eigenvalue weighted by molar-refractivity contribution is 6.03. The number of carbonyl (C=O) groups is 3. The number of ether oxygens (including phenoxy) is 1. The third-order valence-corrected chi connectivity index (χ3v) is 4.67. The molecule has 1 aliphatic heterocycles. The van der Waals surface area contributed by atoms with Gasteiger partial charge in [-0.05, 0) is 42.8 Å². The molecule has 2 aromatic rings. The van der Waals surface area contributed by atoms with Crippen molar-refractivity contribution in [2.45, 2.75) is 20.3 Å². The van der Waals surface area contributed by atoms with Crippen LogP contribution in [0.4, 0.5) is 17.1 Å². The Balaban J connectivity index is 1.67. The first-order valence-electron chi connectivity index (χ1n) is 9.01. The summed E-state index contributed by atoms with van der Waals surface area (Å²) in [6.07, 6.45) is 0.159. The molecule has 3 rings (SSSR count). The molecule has 1 fully saturated rings. The molecule has 0 aromatic heterocycles. The molecule has 1 atom stereocenters. The molecule has 146 valence electrons. The van der Waals surface area contributed by atoms with E-state index in [9.17, 15) is 14.4 Å². The third kappa shape index (κ3) is 4.31. The zero-order chi connectivity index (χ0) is 20.3. The van der Waals surface area contributed by atoms with Crippen LogP contribution in [-0.4, -0.2) is 31.4 Å². The van der Waals surface area contributed by atoms with Crippen molar-refractivity contribution < 1.29 is 19.1 Å². The summed E-state index contributed by atoms with van der Waals surface area (Å²) in [7, 11) is 1.57. The van der Waals surface area contributed by atoms with E-state index in [1.165, 1.54) is 6.92 Å². The van der Waals surface area contributed by atoms with Crippen molar-refractivity contribution in [1.82, 2.24) is 0 Å². The van der Waals surface area contributed by atoms with E-state index in [0.29, 0.717) is 23.7 Å². The van der Waals surface area contributed by atoms with E-state index in [0.717, 1.165) is 11.3 Å². The lowest BCUT2D eigenvalue weighted by atomic mass is 10.1. The second-order valence-electron chi connectivity index (χ2n) is 6.81. The summed E-state index contributed by atoms with van der Waals surface area (Å²) in [5, 5.41) is 5.60. The van der Waals surface area contributed by atoms with Gasteiger partial charge >= 0.3 is 0 Å². The summed E-state index contributed by atoms with van der Waals surface area (Å²) < 4.78 is 5.20. The molecular formula is C21H23N3O4. The summed E-state index contributed by atoms with van der Waals surface area (Å²) in [5.74, 6) is -0.222. The number of methoxy groups -OCH3 is 1. The van der Waals surface area contributed by atoms with E-state index < -0.39 is 5.92 Å². The first-order chi connectivity index (χ1) is 13.4. The standard InChI is InChI=1S/C21H23N3O4/c1-13-9-16(7-8-19(13)22-14(2)25)23-21(27)15-10-20(26)24(12-15)17-5-4-6-18(11-17)28-3/h4-9,11,15H,10,12H2,1-3H3,(H,22,25)(H,23,27)/t15-/m0/s1. The molecule has 28 heavy (non-hydrogen) atoms. The van der Waals surface area contributed by atoms with Gasteiger partial charge in [-0.25, -0.2) is 0 Å². The lowest BCUT2D eigenvalue weighted by molar-refractivity contribution is -0.122. The van der Waals surface area contributed by atoms with E-state index in [2.05, 4.69) is 10.6 Å². The minimum Gasteiger partial charge on any atom is -0.497 e. The van der Waals surface area contributed by atoms with Crippen molar-refractivity contribution >= 4 is 34.8 Å². The van der Waals surface area contributed by atoms with Crippen LogP contribution in [0.2, 0.25) is 0 Å². The number of benzene rings is 2. The molecule has 2 aromatic carbocycles. The smallest absolute Gasteiger partial charge is 0.229 e. The van der Waals surface area contributed by atoms with E-state index in [1.54, 1.807) is 42.3 Å². The zero-order valence-electron chi connectivity index (χ0n) is 16.1. The van der Waals surface area contributed by atoms with Gasteiger partial charge in [0, 0.05) is 43.0 Å². The summed E-state index contributed by atoms with van der Waals surface area (Å²) in [5.41, 5.74) is 2.89. The first kappa shape index (κ1) is 19.4. The first-order valence-corrected chi connectivity index (χ1v) is 9.01. The fraction of sp³-hybridized carbons (Fsp3) is 0.286. The van der Waals surface area contributed by atoms with Crippen molar-refractivity contribution in [2.75, 3.05) is 29.2 Å². The number of nitrogens with zero attached hydrogens (tertiary/aromatic N) is 1. The third-order valence-electron chi connectivity index (χ3n) is 4.67. The molecular weight excluding hydrogens is 358 g/mol. The highest BCUT2D eigenvalue weighted by Gasteiger charge is 2.35. The Hall–Kier alpha value is -3.35. The fourth-order valence-electron chi connectivity index (χ4n) is 3.23. The van der Waals surface area contributed by atoms with E-state index in [1.807, 2.05) is 19.1 Å². The molecule has 7 heteroatoms. The van der Waals surface area contributed by atoms with E-state index in [-0.39, 0.29) is 24.1 Å². The van der Waals surface area contributed by atoms with Gasteiger partial charge in [-0.1, -0.05) is 6.07 Å². The molecule has 1 heterocycles. The molecule has 0 saturated carbocycles. The van der Waals surface area contributed by atoms with Gasteiger partial charge in [0.15, 0.2) is 0 Å². The summed E-state index contributed by atoms with van der Waals surface area (Å²) in [6, 6.07) is 12.5. The van der Waals surface area contributed by atoms with Crippen LogP contribution >= 0.6 is 0 Å². The summed E-state index contributed by atoms with van der Waals surface area (Å²) in [6.45, 7) is 3.62. The van der Waals surface area contributed by atoms with Crippen LogP contribution in [0.5, 0.6) is 5.75 Å². The molecule has 0 unspecified atom stereocenters. The number of carbonyl (C=O) groups excluding carboxylic acids is 3. The lowest BCUT2D eigenvalue weighted by Crippen LogP contribution is -2.28. The molecule has 3 amide bonds. The SMILES string of the molecule is COc1cccc(N2C[C@@H](C(=O)Nc3ccc(NC(C)=O)c(C)c3)CC2=O)c1. The lowest BCUT2D eigenvalue weighted by Gasteiger charge is -2.17. The quantitative estimate of drug-likeness (QED) is 0.834. The average molecular weight is 381 g/mol. The van der Waals surface area contributed by atoms with Gasteiger partial charge in [0.25, 0.3) is 0 Å². The number of hydrogen-bond donors (Lipinski definition) is 2. The minimum atomic E-state index is -0.436. The van der Waals surface area contributed by atoms with Gasteiger partial charge in [0.2, 0.25) is 17.7 Å². The molecule has 2 N–H and O–H groups in total. The van der Waals surface area contributed by atoms with Crippen LogP contribution in [0.25, 0.3) is 0 Å². The maximum absolute atomic E-state index is 12.6. The van der Waals surface area contributed by atoms with Crippen LogP contribution in [0, 0.1) is 12.8 Å². The van der Waals surface area contributed by atoms with Gasteiger partial charge in [-0.3, -0.25) is 14.4 Å². The van der Waals surface area contributed by atoms with Gasteiger partial charge in [0.05, 0.1) is 13.0 Å². The molecule has 1 aliphatic rings. The maximum Gasteiger partial charge on any atom is 0.229 e. The Morgan fingerprint density at radius 1 is 1.14 bits per heavy atom. The highest BCUT2D eigenvalue weighted by atomic mass is 16.5. The summed E-state index contributed by atoms with van der Waals surface area (Å²) in [4.78, 5) is 37.9. The van der Waals surface area contributed by atoms with Crippen molar-refractivity contribution in [1.29, 1.82) is 0 Å². The number of nitrogens with one attached hydrogen (secondary N) is 2. The molecule has 0 aliphatic carbocycles. The van der Waals surface area contributed by atoms with Crippen LogP contribution < -0.4 is 20.3 Å². The predicted octanol–water partition coefficient (Wildman–Crippen LogP) is 2.95. The monoisotopic (exact) mass is 381 g/mol. The topological polar surface area (TPSA) is 87.7 Å². The fourth-order valence-corrected chi connectivity index (χ4v) is 3.23. The maximum atomic E-state index is 12.6. The number of rotatable bonds is 5. The number of amides is 3. The van der Waals surface area contributed by atoms with E-state index >= 15 is 0 Å². The average Bonchev–Trinajstić information content (AvgIpc) is 3.05. The second kappa shape index (κ2) is 8.12. The van der Waals surface area contributed by atoms with E-state index in [4.69, 9.17) is 4.74 Å². The van der Waals surface area contributed by atoms with Crippen molar-refractivity contribution in [3.63, 3.8) is 0 Å². The minimum absolute atomic E-state index is 0.0920. The van der Waals surface area contributed by atoms with Crippen molar-refractivity contribution in [2.24, 2.45) is 5.92 Å². The number of anilines is 3. The summed E-state index contributed by atoms with van der Waals surface area (Å²) >= 11 is 0. The molecule has 0 radical (unpaired) electrons. The number of hydrogen-bond acceptors (Lipinski definition) is 4. The molecule has 0 spiro atoms. The zero-order valence-corrected chi connectivity index (χ0v) is 16.1. The van der Waals surface area contributed by atoms with Gasteiger partial charge in [-0.2, -0.15) is 0 Å². The van der Waals surface area contributed by atoms with Crippen LogP contribution in [0.15, 0.2) is 42.5 Å². The normalized spacial score (nSPS) is 16.0. The Morgan fingerprint density at radius 2 is 1.93 bits per heavy atom. The molecule has 7 nitrogen and oxygen atoms in total. The van der Waals surface area contributed by atoms with Crippen LogP contribution in [0.3, 0.4) is 0 Å². The Kier molecular flexibility index (Phi) is 5.63. The van der Waals surface area contributed by atoms with Gasteiger partial charge in [0.1, 0.15) is 5.75 Å². The largest absolute Gasteiger partial charge is 0.497 e. The van der Waals surface area contributed by atoms with Gasteiger partial charge < -0.3 is 20.3 Å². The molecule has 1 saturated heterocycles. The highest BCUT2D eigenvalue weighted by Crippen LogP contribution is 2.29. The predicted molar refractivity (Wildman–Crippen MR) is 108 cm³/mol. The Bertz CT molecular complexity index is 926. The van der Waals surface area contributed by atoms with Crippen LogP contribution in [0.1, 0.15) is 18.9 Å². The van der Waals surface area contributed by atoms with Crippen LogP contribution in [-0.2, 0) is 14.4 Å². The Labute approximate surface area is 163 Å². The Morgan fingerprint density at radius 3 is 2.61 bits per heavy atom.